The van der Waals surface area contributed by atoms with Crippen molar-refractivity contribution in [2.75, 3.05) is 11.1 Å². The highest BCUT2D eigenvalue weighted by atomic mass is 32.2. The second-order valence-electron chi connectivity index (χ2n) is 4.96. The fourth-order valence-corrected chi connectivity index (χ4v) is 2.73. The lowest BCUT2D eigenvalue weighted by Gasteiger charge is -2.10. The predicted molar refractivity (Wildman–Crippen MR) is 92.1 cm³/mol. The van der Waals surface area contributed by atoms with Crippen LogP contribution in [0.1, 0.15) is 15.9 Å². The molecule has 24 heavy (non-hydrogen) atoms. The smallest absolute Gasteiger partial charge is 0.273 e. The van der Waals surface area contributed by atoms with Gasteiger partial charge >= 0.3 is 0 Å². The Bertz CT molecular complexity index is 808. The second-order valence-corrected chi connectivity index (χ2v) is 5.98. The average molecular weight is 345 g/mol. The van der Waals surface area contributed by atoms with Gasteiger partial charge in [0.25, 0.3) is 11.6 Å². The number of hydrogen-bond donors (Lipinski definition) is 2. The third-order valence-electron chi connectivity index (χ3n) is 3.17. The van der Waals surface area contributed by atoms with E-state index in [9.17, 15) is 19.7 Å². The first kappa shape index (κ1) is 17.5. The lowest BCUT2D eigenvalue weighted by molar-refractivity contribution is -0.385. The van der Waals surface area contributed by atoms with Crippen molar-refractivity contribution in [1.29, 1.82) is 0 Å². The van der Waals surface area contributed by atoms with Crippen molar-refractivity contribution in [3.63, 3.8) is 0 Å². The summed E-state index contributed by atoms with van der Waals surface area (Å²) < 4.78 is 0. The van der Waals surface area contributed by atoms with Crippen molar-refractivity contribution in [2.45, 2.75) is 11.8 Å². The molecule has 0 unspecified atom stereocenters. The van der Waals surface area contributed by atoms with E-state index in [4.69, 9.17) is 5.73 Å². The van der Waals surface area contributed by atoms with Gasteiger partial charge in [-0.05, 0) is 25.1 Å². The number of anilines is 1. The van der Waals surface area contributed by atoms with Gasteiger partial charge in [0.2, 0.25) is 5.91 Å². The number of carbonyl (C=O) groups excluding carboxylic acids is 2. The molecule has 0 aromatic heterocycles. The molecule has 0 fully saturated rings. The Kier molecular flexibility index (Phi) is 5.54. The molecule has 7 nitrogen and oxygen atoms in total. The number of hydrogen-bond acceptors (Lipinski definition) is 5. The van der Waals surface area contributed by atoms with E-state index in [1.807, 2.05) is 0 Å². The summed E-state index contributed by atoms with van der Waals surface area (Å²) in [5.74, 6) is -0.844. The van der Waals surface area contributed by atoms with Gasteiger partial charge < -0.3 is 11.1 Å². The largest absolute Gasteiger partial charge is 0.369 e. The third kappa shape index (κ3) is 4.32. The highest BCUT2D eigenvalue weighted by molar-refractivity contribution is 8.00. The zero-order chi connectivity index (χ0) is 17.7. The zero-order valence-corrected chi connectivity index (χ0v) is 13.6. The fourth-order valence-electron chi connectivity index (χ4n) is 1.99. The Hall–Kier alpha value is -2.87. The number of carbonyl (C=O) groups is 2. The molecule has 124 valence electrons. The Morgan fingerprint density at radius 2 is 1.96 bits per heavy atom. The van der Waals surface area contributed by atoms with Crippen LogP contribution in [0.4, 0.5) is 11.4 Å². The molecule has 2 amide bonds. The monoisotopic (exact) mass is 345 g/mol. The first-order valence-electron chi connectivity index (χ1n) is 6.95. The summed E-state index contributed by atoms with van der Waals surface area (Å²) in [6, 6.07) is 11.2. The molecule has 0 heterocycles. The molecular formula is C16H15N3O4S. The molecule has 0 aliphatic rings. The Balaban J connectivity index is 2.23. The minimum atomic E-state index is -0.525. The van der Waals surface area contributed by atoms with Crippen LogP contribution >= 0.6 is 11.8 Å². The number of nitrogens with one attached hydrogen (secondary N) is 1. The molecule has 2 rings (SSSR count). The van der Waals surface area contributed by atoms with E-state index in [1.54, 1.807) is 31.2 Å². The minimum Gasteiger partial charge on any atom is -0.369 e. The topological polar surface area (TPSA) is 115 Å². The summed E-state index contributed by atoms with van der Waals surface area (Å²) in [7, 11) is 0. The van der Waals surface area contributed by atoms with E-state index in [0.29, 0.717) is 16.1 Å². The average Bonchev–Trinajstić information content (AvgIpc) is 2.54. The molecule has 0 saturated heterocycles. The normalized spacial score (nSPS) is 10.2. The summed E-state index contributed by atoms with van der Waals surface area (Å²) in [4.78, 5) is 34.4. The van der Waals surface area contributed by atoms with Crippen molar-refractivity contribution in [1.82, 2.24) is 0 Å². The van der Waals surface area contributed by atoms with Gasteiger partial charge in [0, 0.05) is 22.1 Å². The van der Waals surface area contributed by atoms with Crippen molar-refractivity contribution >= 4 is 35.0 Å². The van der Waals surface area contributed by atoms with Crippen molar-refractivity contribution in [2.24, 2.45) is 5.73 Å². The quantitative estimate of drug-likeness (QED) is 0.474. The Morgan fingerprint density at radius 1 is 1.25 bits per heavy atom. The van der Waals surface area contributed by atoms with Crippen LogP contribution in [0, 0.1) is 17.0 Å². The lowest BCUT2D eigenvalue weighted by Crippen LogP contribution is -2.15. The molecule has 0 saturated carbocycles. The van der Waals surface area contributed by atoms with Crippen LogP contribution in [0.15, 0.2) is 47.4 Å². The van der Waals surface area contributed by atoms with Gasteiger partial charge in [-0.1, -0.05) is 18.2 Å². The molecule has 3 N–H and O–H groups in total. The van der Waals surface area contributed by atoms with Gasteiger partial charge in [-0.3, -0.25) is 19.7 Å². The number of thioether (sulfide) groups is 1. The minimum absolute atomic E-state index is 0.0862. The molecule has 2 aromatic rings. The fraction of sp³-hybridized carbons (Fsp3) is 0.125. The van der Waals surface area contributed by atoms with Gasteiger partial charge in [0.15, 0.2) is 0 Å². The molecular weight excluding hydrogens is 330 g/mol. The van der Waals surface area contributed by atoms with Crippen LogP contribution in [-0.2, 0) is 4.79 Å². The molecule has 0 spiro atoms. The standard InChI is InChI=1S/C16H15N3O4S/c1-10-6-7-11(8-13(10)19(22)23)16(21)18-12-4-2-3-5-14(12)24-9-15(17)20/h2-8H,9H2,1H3,(H2,17,20)(H,18,21). The number of benzene rings is 2. The van der Waals surface area contributed by atoms with E-state index in [-0.39, 0.29) is 17.0 Å². The van der Waals surface area contributed by atoms with Crippen molar-refractivity contribution in [3.8, 4) is 0 Å². The van der Waals surface area contributed by atoms with E-state index >= 15 is 0 Å². The summed E-state index contributed by atoms with van der Waals surface area (Å²) in [5, 5.41) is 13.7. The van der Waals surface area contributed by atoms with Gasteiger partial charge in [-0.15, -0.1) is 11.8 Å². The second kappa shape index (κ2) is 7.60. The number of para-hydroxylation sites is 1. The molecule has 0 aliphatic heterocycles. The van der Waals surface area contributed by atoms with Gasteiger partial charge in [-0.25, -0.2) is 0 Å². The SMILES string of the molecule is Cc1ccc(C(=O)Nc2ccccc2SCC(N)=O)cc1[N+](=O)[O-]. The highest BCUT2D eigenvalue weighted by Crippen LogP contribution is 2.27. The molecule has 0 bridgehead atoms. The van der Waals surface area contributed by atoms with Crippen LogP contribution < -0.4 is 11.1 Å². The van der Waals surface area contributed by atoms with Gasteiger partial charge in [0.1, 0.15) is 0 Å². The predicted octanol–water partition coefficient (Wildman–Crippen LogP) is 2.73. The number of nitro benzene ring substituents is 1. The number of aryl methyl sites for hydroxylation is 1. The summed E-state index contributed by atoms with van der Waals surface area (Å²) >= 11 is 1.21. The summed E-state index contributed by atoms with van der Waals surface area (Å²) in [5.41, 5.74) is 6.19. The van der Waals surface area contributed by atoms with E-state index in [0.717, 1.165) is 0 Å². The Morgan fingerprint density at radius 3 is 2.62 bits per heavy atom. The number of amides is 2. The number of nitro groups is 1. The molecule has 0 aliphatic carbocycles. The zero-order valence-electron chi connectivity index (χ0n) is 12.8. The number of primary amides is 1. The summed E-state index contributed by atoms with van der Waals surface area (Å²) in [6.45, 7) is 1.61. The first-order chi connectivity index (χ1) is 11.4. The third-order valence-corrected chi connectivity index (χ3v) is 4.27. The number of nitrogens with zero attached hydrogens (tertiary/aromatic N) is 1. The van der Waals surface area contributed by atoms with E-state index < -0.39 is 16.7 Å². The van der Waals surface area contributed by atoms with Crippen LogP contribution in [0.2, 0.25) is 0 Å². The number of rotatable bonds is 6. The first-order valence-corrected chi connectivity index (χ1v) is 7.93. The maximum atomic E-state index is 12.4. The van der Waals surface area contributed by atoms with Gasteiger partial charge in [-0.2, -0.15) is 0 Å². The number of nitrogens with two attached hydrogens (primary N) is 1. The maximum Gasteiger partial charge on any atom is 0.273 e. The lowest BCUT2D eigenvalue weighted by atomic mass is 10.1. The maximum absolute atomic E-state index is 12.4. The van der Waals surface area contributed by atoms with Crippen molar-refractivity contribution < 1.29 is 14.5 Å². The van der Waals surface area contributed by atoms with E-state index in [1.165, 1.54) is 30.0 Å². The van der Waals surface area contributed by atoms with Gasteiger partial charge in [0.05, 0.1) is 16.4 Å². The van der Waals surface area contributed by atoms with E-state index in [2.05, 4.69) is 5.32 Å². The van der Waals surface area contributed by atoms with Crippen LogP contribution in [-0.4, -0.2) is 22.5 Å². The molecule has 8 heteroatoms. The highest BCUT2D eigenvalue weighted by Gasteiger charge is 2.16. The summed E-state index contributed by atoms with van der Waals surface area (Å²) in [6.07, 6.45) is 0. The van der Waals surface area contributed by atoms with Crippen LogP contribution in [0.25, 0.3) is 0 Å². The Labute approximate surface area is 142 Å². The van der Waals surface area contributed by atoms with Crippen LogP contribution in [0.5, 0.6) is 0 Å². The van der Waals surface area contributed by atoms with Crippen LogP contribution in [0.3, 0.4) is 0 Å². The molecule has 2 aromatic carbocycles. The molecule has 0 radical (unpaired) electrons. The molecule has 0 atom stereocenters. The van der Waals surface area contributed by atoms with Crippen molar-refractivity contribution in [3.05, 3.63) is 63.7 Å².